The van der Waals surface area contributed by atoms with E-state index in [1.165, 1.54) is 34.8 Å². The fraction of sp³-hybridized carbons (Fsp3) is 0.200. The molecule has 1 heterocycles. The topological polar surface area (TPSA) is 72.7 Å². The van der Waals surface area contributed by atoms with Gasteiger partial charge in [0.1, 0.15) is 0 Å². The molecule has 0 saturated heterocycles. The molecule has 0 atom stereocenters. The number of carbonyl (C=O) groups excluding carboxylic acids is 1. The van der Waals surface area contributed by atoms with Crippen molar-refractivity contribution in [1.82, 2.24) is 20.2 Å². The maximum atomic E-state index is 12.3. The van der Waals surface area contributed by atoms with Gasteiger partial charge in [-0.25, -0.2) is 0 Å². The normalized spacial score (nSPS) is 13.1. The van der Waals surface area contributed by atoms with E-state index >= 15 is 0 Å². The van der Waals surface area contributed by atoms with Gasteiger partial charge >= 0.3 is 0 Å². The second kappa shape index (κ2) is 8.46. The Hall–Kier alpha value is -2.53. The van der Waals surface area contributed by atoms with Gasteiger partial charge in [-0.05, 0) is 65.1 Å². The van der Waals surface area contributed by atoms with Gasteiger partial charge in [0.25, 0.3) is 0 Å². The second-order valence-electron chi connectivity index (χ2n) is 6.53. The summed E-state index contributed by atoms with van der Waals surface area (Å²) in [5, 5.41) is 15.9. The van der Waals surface area contributed by atoms with Crippen molar-refractivity contribution in [3.63, 3.8) is 0 Å². The summed E-state index contributed by atoms with van der Waals surface area (Å²) >= 11 is 13.8. The molecule has 1 amide bonds. The molecule has 29 heavy (non-hydrogen) atoms. The summed E-state index contributed by atoms with van der Waals surface area (Å²) in [5.41, 5.74) is 3.05. The van der Waals surface area contributed by atoms with Gasteiger partial charge in [-0.15, -0.1) is 11.5 Å². The first-order chi connectivity index (χ1) is 14.0. The summed E-state index contributed by atoms with van der Waals surface area (Å²) in [4.78, 5) is 12.3. The fourth-order valence-corrected chi connectivity index (χ4v) is 3.99. The van der Waals surface area contributed by atoms with Crippen LogP contribution in [0, 0.1) is 12.3 Å². The molecule has 1 fully saturated rings. The minimum atomic E-state index is -0.241. The SMILES string of the molecule is C#Cc1ccc(NC(=O)CSc2nnnn2-c2ccc(C3CC3)cc2Cl)c(Cl)c1. The average molecular weight is 444 g/mol. The van der Waals surface area contributed by atoms with Crippen molar-refractivity contribution in [3.8, 4) is 18.0 Å². The van der Waals surface area contributed by atoms with E-state index in [4.69, 9.17) is 29.6 Å². The van der Waals surface area contributed by atoms with E-state index in [1.807, 2.05) is 18.2 Å². The van der Waals surface area contributed by atoms with Gasteiger partial charge in [-0.1, -0.05) is 47.0 Å². The van der Waals surface area contributed by atoms with Crippen LogP contribution >= 0.6 is 35.0 Å². The first-order valence-electron chi connectivity index (χ1n) is 8.82. The lowest BCUT2D eigenvalue weighted by atomic mass is 10.1. The number of hydrogen-bond donors (Lipinski definition) is 1. The van der Waals surface area contributed by atoms with Crippen molar-refractivity contribution in [3.05, 3.63) is 57.6 Å². The van der Waals surface area contributed by atoms with Gasteiger partial charge < -0.3 is 5.32 Å². The first kappa shape index (κ1) is 19.8. The Morgan fingerprint density at radius 2 is 2.07 bits per heavy atom. The lowest BCUT2D eigenvalue weighted by molar-refractivity contribution is -0.113. The maximum Gasteiger partial charge on any atom is 0.234 e. The lowest BCUT2D eigenvalue weighted by Crippen LogP contribution is -2.15. The molecule has 4 rings (SSSR count). The minimum absolute atomic E-state index is 0.103. The van der Waals surface area contributed by atoms with Crippen molar-refractivity contribution in [2.75, 3.05) is 11.1 Å². The van der Waals surface area contributed by atoms with Gasteiger partial charge in [-0.3, -0.25) is 4.79 Å². The summed E-state index contributed by atoms with van der Waals surface area (Å²) in [6.45, 7) is 0. The molecule has 1 aliphatic carbocycles. The molecule has 0 aliphatic heterocycles. The largest absolute Gasteiger partial charge is 0.324 e. The molecule has 1 aliphatic rings. The Kier molecular flexibility index (Phi) is 5.76. The zero-order valence-electron chi connectivity index (χ0n) is 15.1. The number of tetrazole rings is 1. The van der Waals surface area contributed by atoms with Gasteiger partial charge in [0, 0.05) is 5.56 Å². The van der Waals surface area contributed by atoms with Crippen molar-refractivity contribution < 1.29 is 4.79 Å². The summed E-state index contributed by atoms with van der Waals surface area (Å²) < 4.78 is 1.53. The number of halogens is 2. The van der Waals surface area contributed by atoms with E-state index in [0.29, 0.717) is 38.1 Å². The first-order valence-corrected chi connectivity index (χ1v) is 10.6. The fourth-order valence-electron chi connectivity index (χ4n) is 2.81. The molecule has 0 bridgehead atoms. The highest BCUT2D eigenvalue weighted by atomic mass is 35.5. The van der Waals surface area contributed by atoms with Crippen molar-refractivity contribution in [2.45, 2.75) is 23.9 Å². The number of terminal acetylenes is 1. The lowest BCUT2D eigenvalue weighted by Gasteiger charge is -2.09. The molecule has 0 unspecified atom stereocenters. The smallest absolute Gasteiger partial charge is 0.234 e. The number of hydrogen-bond acceptors (Lipinski definition) is 5. The van der Waals surface area contributed by atoms with Gasteiger partial charge in [0.15, 0.2) is 0 Å². The number of thioether (sulfide) groups is 1. The zero-order valence-corrected chi connectivity index (χ0v) is 17.4. The quantitative estimate of drug-likeness (QED) is 0.446. The molecule has 3 aromatic rings. The van der Waals surface area contributed by atoms with E-state index < -0.39 is 0 Å². The van der Waals surface area contributed by atoms with Gasteiger partial charge in [0.2, 0.25) is 11.1 Å². The predicted molar refractivity (Wildman–Crippen MR) is 115 cm³/mol. The molecule has 0 spiro atoms. The third-order valence-corrected chi connectivity index (χ3v) is 5.97. The van der Waals surface area contributed by atoms with Crippen molar-refractivity contribution >= 4 is 46.6 Å². The Morgan fingerprint density at radius 3 is 2.76 bits per heavy atom. The highest BCUT2D eigenvalue weighted by Crippen LogP contribution is 2.41. The van der Waals surface area contributed by atoms with E-state index in [2.05, 4.69) is 26.8 Å². The number of benzene rings is 2. The third kappa shape index (κ3) is 4.56. The van der Waals surface area contributed by atoms with Crippen LogP contribution in [0.25, 0.3) is 5.69 Å². The predicted octanol–water partition coefficient (Wildman–Crippen LogP) is 4.56. The van der Waals surface area contributed by atoms with Crippen molar-refractivity contribution in [2.24, 2.45) is 0 Å². The summed E-state index contributed by atoms with van der Waals surface area (Å²) in [6, 6.07) is 10.9. The Labute approximate surface area is 182 Å². The highest BCUT2D eigenvalue weighted by molar-refractivity contribution is 7.99. The number of nitrogens with one attached hydrogen (secondary N) is 1. The molecular weight excluding hydrogens is 429 g/mol. The molecule has 6 nitrogen and oxygen atoms in total. The monoisotopic (exact) mass is 443 g/mol. The number of rotatable bonds is 6. The van der Waals surface area contributed by atoms with Crippen LogP contribution in [0.5, 0.6) is 0 Å². The highest BCUT2D eigenvalue weighted by Gasteiger charge is 2.24. The number of carbonyl (C=O) groups is 1. The zero-order chi connectivity index (χ0) is 20.4. The minimum Gasteiger partial charge on any atom is -0.324 e. The Balaban J connectivity index is 1.43. The van der Waals surface area contributed by atoms with Gasteiger partial charge in [-0.2, -0.15) is 4.68 Å². The summed E-state index contributed by atoms with van der Waals surface area (Å²) in [7, 11) is 0. The summed E-state index contributed by atoms with van der Waals surface area (Å²) in [5.74, 6) is 2.96. The number of aromatic nitrogens is 4. The molecular formula is C20H15Cl2N5OS. The van der Waals surface area contributed by atoms with Crippen LogP contribution in [0.2, 0.25) is 10.0 Å². The molecule has 1 aromatic heterocycles. The van der Waals surface area contributed by atoms with Crippen molar-refractivity contribution in [1.29, 1.82) is 0 Å². The number of amides is 1. The van der Waals surface area contributed by atoms with Crippen LogP contribution in [0.15, 0.2) is 41.6 Å². The van der Waals surface area contributed by atoms with Crippen LogP contribution in [-0.4, -0.2) is 31.9 Å². The van der Waals surface area contributed by atoms with Gasteiger partial charge in [0.05, 0.1) is 27.2 Å². The Morgan fingerprint density at radius 1 is 1.24 bits per heavy atom. The molecule has 1 saturated carbocycles. The van der Waals surface area contributed by atoms with Crippen LogP contribution in [-0.2, 0) is 4.79 Å². The van der Waals surface area contributed by atoms with Crippen LogP contribution in [0.4, 0.5) is 5.69 Å². The van der Waals surface area contributed by atoms with E-state index in [9.17, 15) is 4.79 Å². The molecule has 0 radical (unpaired) electrons. The van der Waals surface area contributed by atoms with Crippen LogP contribution in [0.1, 0.15) is 29.9 Å². The average Bonchev–Trinajstić information content (AvgIpc) is 3.46. The maximum absolute atomic E-state index is 12.3. The molecule has 1 N–H and O–H groups in total. The Bertz CT molecular complexity index is 1120. The summed E-state index contributed by atoms with van der Waals surface area (Å²) in [6.07, 6.45) is 7.74. The molecule has 146 valence electrons. The molecule has 9 heteroatoms. The van der Waals surface area contributed by atoms with E-state index in [0.717, 1.165) is 0 Å². The van der Waals surface area contributed by atoms with Crippen LogP contribution in [0.3, 0.4) is 0 Å². The second-order valence-corrected chi connectivity index (χ2v) is 8.29. The number of anilines is 1. The standard InChI is InChI=1S/C20H15Cl2N5OS/c1-2-12-3-7-17(15(21)9-12)23-19(28)11-29-20-24-25-26-27(20)18-8-6-14(10-16(18)22)13-4-5-13/h1,3,6-10,13H,4-5,11H2,(H,23,28). The molecule has 2 aromatic carbocycles. The van der Waals surface area contributed by atoms with E-state index in [1.54, 1.807) is 18.2 Å². The van der Waals surface area contributed by atoms with E-state index in [-0.39, 0.29) is 11.7 Å². The third-order valence-electron chi connectivity index (χ3n) is 4.43. The van der Waals surface area contributed by atoms with Crippen LogP contribution < -0.4 is 5.32 Å². The number of nitrogens with zero attached hydrogens (tertiary/aromatic N) is 4.